The molecule has 2 amide bonds. The summed E-state index contributed by atoms with van der Waals surface area (Å²) < 4.78 is 38.8. The van der Waals surface area contributed by atoms with Crippen LogP contribution in [0.1, 0.15) is 70.9 Å². The summed E-state index contributed by atoms with van der Waals surface area (Å²) in [7, 11) is 0. The van der Waals surface area contributed by atoms with Gasteiger partial charge in [0.25, 0.3) is 11.8 Å². The van der Waals surface area contributed by atoms with Crippen molar-refractivity contribution in [1.82, 2.24) is 15.2 Å². The van der Waals surface area contributed by atoms with Gasteiger partial charge in [0.2, 0.25) is 0 Å². The fourth-order valence-corrected chi connectivity index (χ4v) is 5.22. The van der Waals surface area contributed by atoms with Gasteiger partial charge in [0.1, 0.15) is 5.69 Å². The van der Waals surface area contributed by atoms with E-state index >= 15 is 0 Å². The first-order valence-electron chi connectivity index (χ1n) is 11.8. The quantitative estimate of drug-likeness (QED) is 0.439. The average molecular weight is 516 g/mol. The van der Waals surface area contributed by atoms with E-state index in [1.54, 1.807) is 34.5 Å². The highest BCUT2D eigenvalue weighted by atomic mass is 32.1. The fraction of sp³-hybridized carbons (Fsp3) is 0.370. The molecular weight excluding hydrogens is 487 g/mol. The van der Waals surface area contributed by atoms with E-state index in [1.165, 1.54) is 23.5 Å². The molecule has 1 saturated heterocycles. The lowest BCUT2D eigenvalue weighted by molar-refractivity contribution is -0.137. The third-order valence-electron chi connectivity index (χ3n) is 6.06. The van der Waals surface area contributed by atoms with Crippen LogP contribution in [0.4, 0.5) is 13.2 Å². The number of aromatic nitrogens is 1. The van der Waals surface area contributed by atoms with Crippen LogP contribution in [0.3, 0.4) is 0 Å². The van der Waals surface area contributed by atoms with Gasteiger partial charge in [0.05, 0.1) is 10.6 Å². The van der Waals surface area contributed by atoms with E-state index in [0.717, 1.165) is 30.0 Å². The predicted octanol–water partition coefficient (Wildman–Crippen LogP) is 6.38. The Bertz CT molecular complexity index is 1240. The van der Waals surface area contributed by atoms with Crippen LogP contribution < -0.4 is 5.32 Å². The third-order valence-corrected chi connectivity index (χ3v) is 7.06. The minimum Gasteiger partial charge on any atom is -0.346 e. The highest BCUT2D eigenvalue weighted by Gasteiger charge is 2.31. The van der Waals surface area contributed by atoms with Crippen LogP contribution in [0.25, 0.3) is 11.1 Å². The summed E-state index contributed by atoms with van der Waals surface area (Å²) in [5, 5.41) is 5.58. The van der Waals surface area contributed by atoms with E-state index in [-0.39, 0.29) is 23.3 Å². The molecule has 36 heavy (non-hydrogen) atoms. The molecule has 1 aliphatic rings. The number of benzene rings is 2. The maximum absolute atomic E-state index is 13.4. The molecule has 0 spiro atoms. The second kappa shape index (κ2) is 10.0. The lowest BCUT2D eigenvalue weighted by Crippen LogP contribution is -2.40. The van der Waals surface area contributed by atoms with Crippen LogP contribution in [0.15, 0.2) is 53.9 Å². The van der Waals surface area contributed by atoms with Crippen LogP contribution in [0.5, 0.6) is 0 Å². The Labute approximate surface area is 212 Å². The van der Waals surface area contributed by atoms with Crippen LogP contribution in [-0.2, 0) is 6.18 Å². The van der Waals surface area contributed by atoms with E-state index in [9.17, 15) is 22.8 Å². The van der Waals surface area contributed by atoms with E-state index in [2.05, 4.69) is 10.3 Å². The minimum atomic E-state index is -4.41. The van der Waals surface area contributed by atoms with Crippen molar-refractivity contribution in [3.8, 4) is 11.1 Å². The van der Waals surface area contributed by atoms with Crippen LogP contribution >= 0.6 is 11.3 Å². The number of thiazole rings is 1. The predicted molar refractivity (Wildman–Crippen MR) is 134 cm³/mol. The summed E-state index contributed by atoms with van der Waals surface area (Å²) in [6.07, 6.45) is -2.96. The molecule has 0 aliphatic carbocycles. The van der Waals surface area contributed by atoms with Crippen molar-refractivity contribution >= 4 is 23.2 Å². The Morgan fingerprint density at radius 1 is 1.00 bits per heavy atom. The Morgan fingerprint density at radius 3 is 2.25 bits per heavy atom. The van der Waals surface area contributed by atoms with Gasteiger partial charge >= 0.3 is 6.18 Å². The summed E-state index contributed by atoms with van der Waals surface area (Å²) in [5.74, 6) is -0.175. The molecule has 190 valence electrons. The van der Waals surface area contributed by atoms with Crippen LogP contribution in [0, 0.1) is 0 Å². The Hall–Kier alpha value is -3.20. The number of carbonyl (C=O) groups excluding carboxylic acids is 2. The first kappa shape index (κ1) is 25.9. The molecule has 4 rings (SSSR count). The molecule has 0 atom stereocenters. The maximum Gasteiger partial charge on any atom is 0.416 e. The van der Waals surface area contributed by atoms with E-state index in [4.69, 9.17) is 0 Å². The molecule has 3 aromatic rings. The van der Waals surface area contributed by atoms with Crippen molar-refractivity contribution in [2.45, 2.75) is 51.2 Å². The fourth-order valence-electron chi connectivity index (χ4n) is 4.24. The molecule has 2 aromatic carbocycles. The zero-order chi connectivity index (χ0) is 26.1. The molecule has 1 aromatic heterocycles. The van der Waals surface area contributed by atoms with Crippen molar-refractivity contribution < 1.29 is 22.8 Å². The zero-order valence-electron chi connectivity index (χ0n) is 20.4. The molecule has 0 bridgehead atoms. The van der Waals surface area contributed by atoms with Gasteiger partial charge in [-0.15, -0.1) is 11.3 Å². The van der Waals surface area contributed by atoms with E-state index in [0.29, 0.717) is 35.5 Å². The van der Waals surface area contributed by atoms with Gasteiger partial charge in [-0.2, -0.15) is 13.2 Å². The second-order valence-electron chi connectivity index (χ2n) is 9.96. The number of nitrogens with one attached hydrogen (secondary N) is 1. The summed E-state index contributed by atoms with van der Waals surface area (Å²) in [6.45, 7) is 6.82. The van der Waals surface area contributed by atoms with Gasteiger partial charge < -0.3 is 10.2 Å². The first-order chi connectivity index (χ1) is 16.9. The van der Waals surface area contributed by atoms with Crippen molar-refractivity contribution in [3.63, 3.8) is 0 Å². The SMILES string of the molecule is CC(C)(C)NC(=O)c1csc(C2CCN(C(=O)c3ccccc3-c3ccc(C(F)(F)F)cc3)CC2)n1. The molecule has 0 unspecified atom stereocenters. The van der Waals surface area contributed by atoms with E-state index in [1.807, 2.05) is 20.8 Å². The Morgan fingerprint density at radius 2 is 1.64 bits per heavy atom. The lowest BCUT2D eigenvalue weighted by atomic mass is 9.94. The van der Waals surface area contributed by atoms with Gasteiger partial charge in [-0.3, -0.25) is 9.59 Å². The largest absolute Gasteiger partial charge is 0.416 e. The normalized spacial score (nSPS) is 15.1. The number of amides is 2. The Balaban J connectivity index is 1.44. The highest BCUT2D eigenvalue weighted by molar-refractivity contribution is 7.09. The molecule has 1 N–H and O–H groups in total. The monoisotopic (exact) mass is 515 g/mol. The van der Waals surface area contributed by atoms with Crippen molar-refractivity contribution in [2.24, 2.45) is 0 Å². The number of nitrogens with zero attached hydrogens (tertiary/aromatic N) is 2. The molecular formula is C27H28F3N3O2S. The summed E-state index contributed by atoms with van der Waals surface area (Å²) in [6, 6.07) is 11.9. The highest BCUT2D eigenvalue weighted by Crippen LogP contribution is 2.34. The summed E-state index contributed by atoms with van der Waals surface area (Å²) in [5.41, 5.74) is 0.972. The topological polar surface area (TPSA) is 62.3 Å². The van der Waals surface area contributed by atoms with E-state index < -0.39 is 11.7 Å². The number of carbonyl (C=O) groups is 2. The minimum absolute atomic E-state index is 0.145. The van der Waals surface area contributed by atoms with Crippen LogP contribution in [-0.4, -0.2) is 40.3 Å². The maximum atomic E-state index is 13.4. The number of halogens is 3. The van der Waals surface area contributed by atoms with Gasteiger partial charge in [-0.1, -0.05) is 30.3 Å². The standard InChI is InChI=1S/C27H28F3N3O2S/c1-26(2,3)32-23(34)22-16-36-24(31-22)18-12-14-33(15-13-18)25(35)21-7-5-4-6-20(21)17-8-10-19(11-9-17)27(28,29)30/h4-11,16,18H,12-15H2,1-3H3,(H,32,34). The van der Waals surface area contributed by atoms with Crippen molar-refractivity contribution in [3.05, 3.63) is 75.7 Å². The number of alkyl halides is 3. The average Bonchev–Trinajstić information content (AvgIpc) is 3.33. The third kappa shape index (κ3) is 5.95. The number of rotatable bonds is 4. The molecule has 5 nitrogen and oxygen atoms in total. The molecule has 1 aliphatic heterocycles. The number of hydrogen-bond acceptors (Lipinski definition) is 4. The smallest absolute Gasteiger partial charge is 0.346 e. The summed E-state index contributed by atoms with van der Waals surface area (Å²) in [4.78, 5) is 32.1. The first-order valence-corrected chi connectivity index (χ1v) is 12.6. The molecule has 1 fully saturated rings. The van der Waals surface area contributed by atoms with Gasteiger partial charge in [-0.05, 0) is 62.9 Å². The molecule has 0 saturated carbocycles. The molecule has 2 heterocycles. The van der Waals surface area contributed by atoms with Crippen molar-refractivity contribution in [1.29, 1.82) is 0 Å². The van der Waals surface area contributed by atoms with Crippen molar-refractivity contribution in [2.75, 3.05) is 13.1 Å². The second-order valence-corrected chi connectivity index (χ2v) is 10.9. The lowest BCUT2D eigenvalue weighted by Gasteiger charge is -2.31. The van der Waals surface area contributed by atoms with Gasteiger partial charge in [0, 0.05) is 35.5 Å². The number of piperidine rings is 1. The van der Waals surface area contributed by atoms with Crippen LogP contribution in [0.2, 0.25) is 0 Å². The summed E-state index contributed by atoms with van der Waals surface area (Å²) >= 11 is 1.46. The molecule has 9 heteroatoms. The number of likely N-dealkylation sites (tertiary alicyclic amines) is 1. The Kier molecular flexibility index (Phi) is 7.22. The molecule has 0 radical (unpaired) electrons. The zero-order valence-corrected chi connectivity index (χ0v) is 21.2. The number of hydrogen-bond donors (Lipinski definition) is 1. The van der Waals surface area contributed by atoms with Gasteiger partial charge in [0.15, 0.2) is 0 Å². The van der Waals surface area contributed by atoms with Gasteiger partial charge in [-0.25, -0.2) is 4.98 Å².